The Labute approximate surface area is 198 Å². The van der Waals surface area contributed by atoms with Crippen LogP contribution >= 0.6 is 11.3 Å². The molecule has 2 aromatic heterocycles. The third kappa shape index (κ3) is 3.72. The van der Waals surface area contributed by atoms with Crippen LogP contribution in [0.4, 0.5) is 10.2 Å². The van der Waals surface area contributed by atoms with Crippen LogP contribution in [0.5, 0.6) is 5.75 Å². The van der Waals surface area contributed by atoms with Crippen LogP contribution in [-0.2, 0) is 11.4 Å². The molecule has 6 rings (SSSR count). The summed E-state index contributed by atoms with van der Waals surface area (Å²) < 4.78 is 22.4. The van der Waals surface area contributed by atoms with Gasteiger partial charge in [0.1, 0.15) is 24.0 Å². The van der Waals surface area contributed by atoms with Crippen LogP contribution in [0.25, 0.3) is 15.3 Å². The molecule has 0 saturated heterocycles. The number of halogens is 1. The monoisotopic (exact) mass is 470 g/mol. The number of thiazole rings is 1. The Morgan fingerprint density at radius 1 is 1.06 bits per heavy atom. The summed E-state index contributed by atoms with van der Waals surface area (Å²) in [4.78, 5) is 17.3. The molecule has 1 aliphatic heterocycles. The SMILES string of the molecule is O=C1C[C@@H](c2ccc(OCc3ccccc3F)cc2)c2cnn(-c3nc4ccccc4s3)c2N1. The molecule has 34 heavy (non-hydrogen) atoms. The highest BCUT2D eigenvalue weighted by molar-refractivity contribution is 7.20. The molecule has 8 heteroatoms. The van der Waals surface area contributed by atoms with Gasteiger partial charge in [-0.3, -0.25) is 4.79 Å². The number of nitrogens with one attached hydrogen (secondary N) is 1. The second kappa shape index (κ2) is 8.39. The van der Waals surface area contributed by atoms with Gasteiger partial charge in [-0.2, -0.15) is 9.78 Å². The highest BCUT2D eigenvalue weighted by Crippen LogP contribution is 2.39. The number of hydrogen-bond donors (Lipinski definition) is 1. The molecule has 0 saturated carbocycles. The first-order valence-corrected chi connectivity index (χ1v) is 11.7. The van der Waals surface area contributed by atoms with Crippen LogP contribution in [0.3, 0.4) is 0 Å². The summed E-state index contributed by atoms with van der Waals surface area (Å²) in [6.07, 6.45) is 2.13. The molecule has 0 radical (unpaired) electrons. The first-order chi connectivity index (χ1) is 16.7. The number of rotatable bonds is 5. The maximum absolute atomic E-state index is 13.8. The first-order valence-electron chi connectivity index (χ1n) is 10.9. The number of amides is 1. The molecule has 168 valence electrons. The molecule has 0 spiro atoms. The summed E-state index contributed by atoms with van der Waals surface area (Å²) >= 11 is 1.53. The predicted octanol–water partition coefficient (Wildman–Crippen LogP) is 5.67. The van der Waals surface area contributed by atoms with Crippen LogP contribution in [0.2, 0.25) is 0 Å². The van der Waals surface area contributed by atoms with E-state index in [1.165, 1.54) is 17.4 Å². The molecule has 0 unspecified atom stereocenters. The maximum atomic E-state index is 13.8. The molecule has 1 aliphatic rings. The largest absolute Gasteiger partial charge is 0.489 e. The highest BCUT2D eigenvalue weighted by atomic mass is 32.1. The summed E-state index contributed by atoms with van der Waals surface area (Å²) in [5.41, 5.74) is 3.33. The Morgan fingerprint density at radius 3 is 2.68 bits per heavy atom. The molecular formula is C26H19FN4O2S. The number of anilines is 1. The van der Waals surface area contributed by atoms with Gasteiger partial charge >= 0.3 is 0 Å². The van der Waals surface area contributed by atoms with E-state index in [0.717, 1.165) is 21.3 Å². The summed E-state index contributed by atoms with van der Waals surface area (Å²) in [7, 11) is 0. The van der Waals surface area contributed by atoms with Crippen molar-refractivity contribution < 1.29 is 13.9 Å². The number of para-hydroxylation sites is 1. The van der Waals surface area contributed by atoms with E-state index in [1.807, 2.05) is 48.5 Å². The number of hydrogen-bond acceptors (Lipinski definition) is 5. The van der Waals surface area contributed by atoms with Crippen LogP contribution in [0, 0.1) is 5.82 Å². The lowest BCUT2D eigenvalue weighted by molar-refractivity contribution is -0.116. The lowest BCUT2D eigenvalue weighted by atomic mass is 9.87. The number of carbonyl (C=O) groups is 1. The van der Waals surface area contributed by atoms with E-state index in [0.29, 0.717) is 28.7 Å². The van der Waals surface area contributed by atoms with Crippen LogP contribution in [-0.4, -0.2) is 20.7 Å². The Balaban J connectivity index is 1.27. The van der Waals surface area contributed by atoms with Gasteiger partial charge in [-0.1, -0.05) is 53.8 Å². The minimum absolute atomic E-state index is 0.0692. The number of aromatic nitrogens is 3. The lowest BCUT2D eigenvalue weighted by Crippen LogP contribution is -2.24. The van der Waals surface area contributed by atoms with Gasteiger partial charge in [-0.25, -0.2) is 9.37 Å². The van der Waals surface area contributed by atoms with Crippen molar-refractivity contribution in [2.75, 3.05) is 5.32 Å². The normalized spacial score (nSPS) is 15.2. The lowest BCUT2D eigenvalue weighted by Gasteiger charge is -2.23. The third-order valence-electron chi connectivity index (χ3n) is 5.92. The summed E-state index contributed by atoms with van der Waals surface area (Å²) in [5, 5.41) is 8.23. The summed E-state index contributed by atoms with van der Waals surface area (Å²) in [6.45, 7) is 0.150. The van der Waals surface area contributed by atoms with Crippen molar-refractivity contribution in [2.45, 2.75) is 18.9 Å². The Morgan fingerprint density at radius 2 is 1.85 bits per heavy atom. The van der Waals surface area contributed by atoms with Gasteiger partial charge < -0.3 is 10.1 Å². The second-order valence-corrected chi connectivity index (χ2v) is 9.09. The molecular weight excluding hydrogens is 451 g/mol. The van der Waals surface area contributed by atoms with Crippen LogP contribution in [0.15, 0.2) is 79.0 Å². The molecule has 0 bridgehead atoms. The molecule has 1 amide bonds. The number of carbonyl (C=O) groups excluding carboxylic acids is 1. The zero-order chi connectivity index (χ0) is 23.1. The van der Waals surface area contributed by atoms with Crippen LogP contribution < -0.4 is 10.1 Å². The number of benzene rings is 3. The standard InChI is InChI=1S/C26H19FN4O2S/c27-21-6-2-1-5-17(21)15-33-18-11-9-16(10-12-18)19-13-24(32)30-25-20(19)14-28-31(25)26-29-22-7-3-4-8-23(22)34-26/h1-12,14,19H,13,15H2,(H,30,32)/t19-/m0/s1. The number of fused-ring (bicyclic) bond motifs is 2. The Kier molecular flexibility index (Phi) is 5.07. The van der Waals surface area contributed by atoms with Gasteiger partial charge in [0.15, 0.2) is 0 Å². The van der Waals surface area contributed by atoms with Crippen molar-refractivity contribution in [1.82, 2.24) is 14.8 Å². The molecule has 0 fully saturated rings. The average Bonchev–Trinajstić information content (AvgIpc) is 3.47. The minimum Gasteiger partial charge on any atom is -0.489 e. The van der Waals surface area contributed by atoms with Crippen molar-refractivity contribution in [3.05, 3.63) is 102 Å². The molecule has 6 nitrogen and oxygen atoms in total. The fourth-order valence-electron chi connectivity index (χ4n) is 4.19. The van der Waals surface area contributed by atoms with Crippen molar-refractivity contribution in [3.63, 3.8) is 0 Å². The van der Waals surface area contributed by atoms with E-state index in [1.54, 1.807) is 29.1 Å². The van der Waals surface area contributed by atoms with Gasteiger partial charge in [-0.05, 0) is 35.9 Å². The molecule has 0 aliphatic carbocycles. The fraction of sp³-hybridized carbons (Fsp3) is 0.115. The average molecular weight is 471 g/mol. The van der Waals surface area contributed by atoms with Gasteiger partial charge in [0, 0.05) is 23.5 Å². The zero-order valence-electron chi connectivity index (χ0n) is 17.9. The minimum atomic E-state index is -0.287. The molecule has 5 aromatic rings. The van der Waals surface area contributed by atoms with Crippen molar-refractivity contribution >= 4 is 33.3 Å². The Bertz CT molecular complexity index is 1480. The van der Waals surface area contributed by atoms with Gasteiger partial charge in [-0.15, -0.1) is 0 Å². The summed E-state index contributed by atoms with van der Waals surface area (Å²) in [5.74, 6) is 0.801. The highest BCUT2D eigenvalue weighted by Gasteiger charge is 2.31. The Hall–Kier alpha value is -4.04. The molecule has 3 heterocycles. The van der Waals surface area contributed by atoms with Crippen molar-refractivity contribution in [3.8, 4) is 10.9 Å². The quantitative estimate of drug-likeness (QED) is 0.359. The van der Waals surface area contributed by atoms with Gasteiger partial charge in [0.2, 0.25) is 11.0 Å². The molecule has 1 N–H and O–H groups in total. The van der Waals surface area contributed by atoms with E-state index in [4.69, 9.17) is 4.74 Å². The first kappa shape index (κ1) is 20.6. The maximum Gasteiger partial charge on any atom is 0.226 e. The van der Waals surface area contributed by atoms with E-state index in [2.05, 4.69) is 15.4 Å². The van der Waals surface area contributed by atoms with E-state index < -0.39 is 0 Å². The van der Waals surface area contributed by atoms with E-state index in [9.17, 15) is 9.18 Å². The second-order valence-electron chi connectivity index (χ2n) is 8.08. The zero-order valence-corrected chi connectivity index (χ0v) is 18.8. The number of nitrogens with zero attached hydrogens (tertiary/aromatic N) is 3. The van der Waals surface area contributed by atoms with Gasteiger partial charge in [0.05, 0.1) is 16.4 Å². The predicted molar refractivity (Wildman–Crippen MR) is 129 cm³/mol. The van der Waals surface area contributed by atoms with Crippen LogP contribution in [0.1, 0.15) is 29.0 Å². The summed E-state index contributed by atoms with van der Waals surface area (Å²) in [6, 6.07) is 22.0. The topological polar surface area (TPSA) is 69.0 Å². The fourth-order valence-corrected chi connectivity index (χ4v) is 5.12. The number of ether oxygens (including phenoxy) is 1. The van der Waals surface area contributed by atoms with Crippen molar-refractivity contribution in [2.24, 2.45) is 0 Å². The van der Waals surface area contributed by atoms with E-state index in [-0.39, 0.29) is 24.2 Å². The van der Waals surface area contributed by atoms with E-state index >= 15 is 0 Å². The van der Waals surface area contributed by atoms with Gasteiger partial charge in [0.25, 0.3) is 0 Å². The molecule has 3 aromatic carbocycles. The van der Waals surface area contributed by atoms with Crippen molar-refractivity contribution in [1.29, 1.82) is 0 Å². The molecule has 1 atom stereocenters. The third-order valence-corrected chi connectivity index (χ3v) is 6.93. The smallest absolute Gasteiger partial charge is 0.226 e.